The lowest BCUT2D eigenvalue weighted by atomic mass is 9.89. The Labute approximate surface area is 136 Å². The van der Waals surface area contributed by atoms with Gasteiger partial charge in [-0.3, -0.25) is 20.4 Å². The van der Waals surface area contributed by atoms with Gasteiger partial charge in [-0.05, 0) is 25.0 Å². The number of carbonyl (C=O) groups excluding carboxylic acids is 2. The number of rotatable bonds is 6. The van der Waals surface area contributed by atoms with Gasteiger partial charge >= 0.3 is 0 Å². The summed E-state index contributed by atoms with van der Waals surface area (Å²) in [6.45, 7) is 0.795. The second kappa shape index (κ2) is 9.15. The first kappa shape index (κ1) is 17.3. The molecule has 1 aromatic rings. The number of benzene rings is 1. The zero-order valence-corrected chi connectivity index (χ0v) is 13.5. The van der Waals surface area contributed by atoms with Gasteiger partial charge < -0.3 is 9.47 Å². The molecule has 1 fully saturated rings. The van der Waals surface area contributed by atoms with Gasteiger partial charge in [0.15, 0.2) is 0 Å². The lowest BCUT2D eigenvalue weighted by molar-refractivity contribution is -0.126. The summed E-state index contributed by atoms with van der Waals surface area (Å²) in [5.41, 5.74) is 5.39. The van der Waals surface area contributed by atoms with E-state index in [0.29, 0.717) is 24.5 Å². The Hall–Kier alpha value is -2.08. The van der Waals surface area contributed by atoms with Crippen LogP contribution in [0.15, 0.2) is 24.3 Å². The van der Waals surface area contributed by atoms with E-state index in [0.717, 1.165) is 25.7 Å². The van der Waals surface area contributed by atoms with Crippen molar-refractivity contribution in [1.82, 2.24) is 10.9 Å². The summed E-state index contributed by atoms with van der Waals surface area (Å²) in [6.07, 6.45) is 5.10. The third kappa shape index (κ3) is 5.25. The Bertz CT molecular complexity index is 527. The fourth-order valence-corrected chi connectivity index (χ4v) is 2.67. The number of carbonyl (C=O) groups is 2. The molecule has 6 nitrogen and oxygen atoms in total. The van der Waals surface area contributed by atoms with Crippen molar-refractivity contribution < 1.29 is 19.1 Å². The molecular formula is C17H24N2O4. The molecule has 0 bridgehead atoms. The average molecular weight is 320 g/mol. The molecule has 1 aliphatic rings. The maximum absolute atomic E-state index is 12.2. The van der Waals surface area contributed by atoms with E-state index in [1.807, 2.05) is 0 Å². The molecule has 126 valence electrons. The molecule has 0 saturated heterocycles. The predicted octanol–water partition coefficient (Wildman–Crippen LogP) is 2.05. The van der Waals surface area contributed by atoms with E-state index in [2.05, 4.69) is 10.9 Å². The van der Waals surface area contributed by atoms with Gasteiger partial charge in [-0.2, -0.15) is 0 Å². The highest BCUT2D eigenvalue weighted by Gasteiger charge is 2.21. The summed E-state index contributed by atoms with van der Waals surface area (Å²) in [5.74, 6) is -0.0378. The van der Waals surface area contributed by atoms with Crippen LogP contribution in [0.25, 0.3) is 0 Å². The molecule has 2 N–H and O–H groups in total. The van der Waals surface area contributed by atoms with Crippen LogP contribution in [0.1, 0.15) is 42.5 Å². The zero-order valence-electron chi connectivity index (χ0n) is 13.5. The van der Waals surface area contributed by atoms with Crippen LogP contribution in [0, 0.1) is 5.92 Å². The number of para-hydroxylation sites is 1. The number of nitrogens with one attached hydrogen (secondary N) is 2. The van der Waals surface area contributed by atoms with Gasteiger partial charge in [0.05, 0.1) is 12.2 Å². The van der Waals surface area contributed by atoms with Crippen LogP contribution < -0.4 is 15.6 Å². The van der Waals surface area contributed by atoms with Crippen molar-refractivity contribution >= 4 is 11.8 Å². The summed E-state index contributed by atoms with van der Waals surface area (Å²) in [6, 6.07) is 6.92. The van der Waals surface area contributed by atoms with Gasteiger partial charge in [0, 0.05) is 13.0 Å². The Morgan fingerprint density at radius 2 is 1.83 bits per heavy atom. The van der Waals surface area contributed by atoms with Crippen molar-refractivity contribution in [2.75, 3.05) is 20.3 Å². The van der Waals surface area contributed by atoms with E-state index in [1.54, 1.807) is 31.4 Å². The molecule has 0 aromatic heterocycles. The molecule has 1 aliphatic carbocycles. The molecule has 23 heavy (non-hydrogen) atoms. The van der Waals surface area contributed by atoms with Crippen LogP contribution in [0.5, 0.6) is 5.75 Å². The van der Waals surface area contributed by atoms with E-state index in [4.69, 9.17) is 9.47 Å². The minimum atomic E-state index is -0.387. The summed E-state index contributed by atoms with van der Waals surface area (Å²) < 4.78 is 10.5. The maximum atomic E-state index is 12.2. The lowest BCUT2D eigenvalue weighted by Gasteiger charge is -2.21. The van der Waals surface area contributed by atoms with E-state index in [-0.39, 0.29) is 17.7 Å². The predicted molar refractivity (Wildman–Crippen MR) is 86.0 cm³/mol. The molecule has 0 aliphatic heterocycles. The maximum Gasteiger partial charge on any atom is 0.273 e. The third-order valence-electron chi connectivity index (χ3n) is 3.95. The van der Waals surface area contributed by atoms with E-state index < -0.39 is 0 Å². The number of methoxy groups -OCH3 is 1. The fourth-order valence-electron chi connectivity index (χ4n) is 2.67. The minimum Gasteiger partial charge on any atom is -0.490 e. The largest absolute Gasteiger partial charge is 0.490 e. The van der Waals surface area contributed by atoms with Crippen molar-refractivity contribution in [2.24, 2.45) is 5.92 Å². The topological polar surface area (TPSA) is 76.7 Å². The van der Waals surface area contributed by atoms with Crippen LogP contribution in [-0.2, 0) is 9.53 Å². The molecule has 1 aromatic carbocycles. The Morgan fingerprint density at radius 1 is 1.09 bits per heavy atom. The van der Waals surface area contributed by atoms with Gasteiger partial charge in [0.2, 0.25) is 5.91 Å². The summed E-state index contributed by atoms with van der Waals surface area (Å²) in [5, 5.41) is 0. The minimum absolute atomic E-state index is 0.00255. The summed E-state index contributed by atoms with van der Waals surface area (Å²) in [4.78, 5) is 24.3. The van der Waals surface area contributed by atoms with Crippen molar-refractivity contribution in [3.8, 4) is 5.75 Å². The highest BCUT2D eigenvalue weighted by Crippen LogP contribution is 2.23. The number of hydrogen-bond donors (Lipinski definition) is 2. The number of hydrogen-bond acceptors (Lipinski definition) is 4. The first-order valence-electron chi connectivity index (χ1n) is 8.03. The second-order valence-electron chi connectivity index (χ2n) is 5.62. The molecule has 6 heteroatoms. The zero-order chi connectivity index (χ0) is 16.5. The monoisotopic (exact) mass is 320 g/mol. The van der Waals surface area contributed by atoms with E-state index in [9.17, 15) is 9.59 Å². The van der Waals surface area contributed by atoms with Gasteiger partial charge in [-0.15, -0.1) is 0 Å². The smallest absolute Gasteiger partial charge is 0.273 e. The quantitative estimate of drug-likeness (QED) is 0.621. The average Bonchev–Trinajstić information content (AvgIpc) is 2.61. The Kier molecular flexibility index (Phi) is 6.87. The first-order chi connectivity index (χ1) is 11.2. The standard InChI is InChI=1S/C17H24N2O4/c1-22-11-12-23-15-10-6-5-9-14(15)17(21)19-18-16(20)13-7-3-2-4-8-13/h5-6,9-10,13H,2-4,7-8,11-12H2,1H3,(H,18,20)(H,19,21). The summed E-state index contributed by atoms with van der Waals surface area (Å²) >= 11 is 0. The molecule has 2 amide bonds. The Morgan fingerprint density at radius 3 is 2.57 bits per heavy atom. The van der Waals surface area contributed by atoms with Gasteiger partial charge in [0.1, 0.15) is 12.4 Å². The number of amides is 2. The Balaban J connectivity index is 1.88. The normalized spacial score (nSPS) is 15.0. The molecule has 1 saturated carbocycles. The highest BCUT2D eigenvalue weighted by molar-refractivity contribution is 5.98. The molecule has 0 spiro atoms. The summed E-state index contributed by atoms with van der Waals surface area (Å²) in [7, 11) is 1.59. The van der Waals surface area contributed by atoms with Crippen LogP contribution in [0.3, 0.4) is 0 Å². The van der Waals surface area contributed by atoms with Gasteiger partial charge in [0.25, 0.3) is 5.91 Å². The van der Waals surface area contributed by atoms with E-state index >= 15 is 0 Å². The second-order valence-corrected chi connectivity index (χ2v) is 5.62. The first-order valence-corrected chi connectivity index (χ1v) is 8.03. The third-order valence-corrected chi connectivity index (χ3v) is 3.95. The van der Waals surface area contributed by atoms with Crippen molar-refractivity contribution in [2.45, 2.75) is 32.1 Å². The molecule has 0 unspecified atom stereocenters. The fraction of sp³-hybridized carbons (Fsp3) is 0.529. The molecule has 2 rings (SSSR count). The molecule has 0 atom stereocenters. The number of hydrazine groups is 1. The number of ether oxygens (including phenoxy) is 2. The van der Waals surface area contributed by atoms with E-state index in [1.165, 1.54) is 6.42 Å². The molecule has 0 heterocycles. The molecular weight excluding hydrogens is 296 g/mol. The van der Waals surface area contributed by atoms with Crippen molar-refractivity contribution in [3.05, 3.63) is 29.8 Å². The SMILES string of the molecule is COCCOc1ccccc1C(=O)NNC(=O)C1CCCCC1. The van der Waals surface area contributed by atoms with Crippen LogP contribution in [-0.4, -0.2) is 32.1 Å². The van der Waals surface area contributed by atoms with Crippen LogP contribution >= 0.6 is 0 Å². The highest BCUT2D eigenvalue weighted by atomic mass is 16.5. The molecule has 0 radical (unpaired) electrons. The van der Waals surface area contributed by atoms with Crippen LogP contribution in [0.4, 0.5) is 0 Å². The lowest BCUT2D eigenvalue weighted by Crippen LogP contribution is -2.45. The van der Waals surface area contributed by atoms with Crippen molar-refractivity contribution in [3.63, 3.8) is 0 Å². The van der Waals surface area contributed by atoms with Gasteiger partial charge in [-0.1, -0.05) is 31.4 Å². The van der Waals surface area contributed by atoms with Crippen LogP contribution in [0.2, 0.25) is 0 Å². The van der Waals surface area contributed by atoms with Crippen molar-refractivity contribution in [1.29, 1.82) is 0 Å². The van der Waals surface area contributed by atoms with Gasteiger partial charge in [-0.25, -0.2) is 0 Å².